The molecule has 1 aromatic rings. The van der Waals surface area contributed by atoms with Crippen LogP contribution in [0, 0.1) is 0 Å². The Morgan fingerprint density at radius 3 is 2.60 bits per heavy atom. The summed E-state index contributed by atoms with van der Waals surface area (Å²) in [6.45, 7) is 1.27. The van der Waals surface area contributed by atoms with Crippen molar-refractivity contribution < 1.29 is 9.59 Å². The Balaban J connectivity index is 1.62. The lowest BCUT2D eigenvalue weighted by atomic mass is 10.1. The predicted molar refractivity (Wildman–Crippen MR) is 76.1 cm³/mol. The number of likely N-dealkylation sites (N-methyl/N-ethyl adjacent to an activating group) is 1. The number of imide groups is 1. The summed E-state index contributed by atoms with van der Waals surface area (Å²) in [4.78, 5) is 26.9. The van der Waals surface area contributed by atoms with Gasteiger partial charge in [-0.3, -0.25) is 19.4 Å². The predicted octanol–water partition coefficient (Wildman–Crippen LogP) is 1.75. The summed E-state index contributed by atoms with van der Waals surface area (Å²) in [6, 6.07) is 8.97. The first kappa shape index (κ1) is 13.3. The Morgan fingerprint density at radius 2 is 1.85 bits per heavy atom. The van der Waals surface area contributed by atoms with Crippen molar-refractivity contribution in [2.75, 3.05) is 20.1 Å². The van der Waals surface area contributed by atoms with Gasteiger partial charge in [0.25, 0.3) is 0 Å². The third-order valence-corrected chi connectivity index (χ3v) is 4.46. The van der Waals surface area contributed by atoms with Crippen LogP contribution in [-0.4, -0.2) is 41.8 Å². The molecule has 1 aromatic carbocycles. The van der Waals surface area contributed by atoms with E-state index in [2.05, 4.69) is 36.2 Å². The number of rotatable bonds is 4. The van der Waals surface area contributed by atoms with Crippen LogP contribution >= 0.6 is 0 Å². The number of amides is 2. The van der Waals surface area contributed by atoms with E-state index in [0.29, 0.717) is 25.4 Å². The van der Waals surface area contributed by atoms with Crippen molar-refractivity contribution in [1.29, 1.82) is 0 Å². The second kappa shape index (κ2) is 5.37. The van der Waals surface area contributed by atoms with Crippen molar-refractivity contribution in [3.63, 3.8) is 0 Å². The van der Waals surface area contributed by atoms with Gasteiger partial charge in [0.1, 0.15) is 0 Å². The zero-order chi connectivity index (χ0) is 14.1. The summed E-state index contributed by atoms with van der Waals surface area (Å²) in [6.07, 6.45) is 3.01. The number of hydrogen-bond donors (Lipinski definition) is 0. The van der Waals surface area contributed by atoms with Crippen LogP contribution in [0.1, 0.15) is 36.4 Å². The molecule has 106 valence electrons. The van der Waals surface area contributed by atoms with Crippen LogP contribution in [0.25, 0.3) is 0 Å². The van der Waals surface area contributed by atoms with Gasteiger partial charge >= 0.3 is 0 Å². The first-order valence-electron chi connectivity index (χ1n) is 7.28. The molecule has 0 spiro atoms. The SMILES string of the molecule is CN(CCN1C(=O)CCC1=O)C1CCc2ccccc21. The number of carbonyl (C=O) groups is 2. The van der Waals surface area contributed by atoms with Crippen molar-refractivity contribution in [3.05, 3.63) is 35.4 Å². The maximum absolute atomic E-state index is 11.6. The van der Waals surface area contributed by atoms with E-state index < -0.39 is 0 Å². The highest BCUT2D eigenvalue weighted by Crippen LogP contribution is 2.34. The molecule has 1 atom stereocenters. The molecule has 2 aliphatic rings. The third kappa shape index (κ3) is 2.36. The van der Waals surface area contributed by atoms with Gasteiger partial charge in [-0.25, -0.2) is 0 Å². The van der Waals surface area contributed by atoms with Gasteiger partial charge in [0.2, 0.25) is 11.8 Å². The Labute approximate surface area is 119 Å². The monoisotopic (exact) mass is 272 g/mol. The largest absolute Gasteiger partial charge is 0.298 e. The van der Waals surface area contributed by atoms with Crippen LogP contribution in [0.15, 0.2) is 24.3 Å². The molecular weight excluding hydrogens is 252 g/mol. The normalized spacial score (nSPS) is 21.9. The number of hydrogen-bond acceptors (Lipinski definition) is 3. The van der Waals surface area contributed by atoms with E-state index in [9.17, 15) is 9.59 Å². The Kier molecular flexibility index (Phi) is 3.57. The van der Waals surface area contributed by atoms with E-state index in [4.69, 9.17) is 0 Å². The molecule has 1 unspecified atom stereocenters. The second-order valence-electron chi connectivity index (χ2n) is 5.67. The molecule has 0 bridgehead atoms. The molecule has 4 nitrogen and oxygen atoms in total. The second-order valence-corrected chi connectivity index (χ2v) is 5.67. The lowest BCUT2D eigenvalue weighted by Crippen LogP contribution is -2.37. The molecule has 0 radical (unpaired) electrons. The first-order chi connectivity index (χ1) is 9.66. The fourth-order valence-corrected chi connectivity index (χ4v) is 3.28. The molecule has 1 aliphatic carbocycles. The molecule has 20 heavy (non-hydrogen) atoms. The van der Waals surface area contributed by atoms with E-state index in [1.54, 1.807) is 0 Å². The van der Waals surface area contributed by atoms with Gasteiger partial charge in [0, 0.05) is 32.0 Å². The fraction of sp³-hybridized carbons (Fsp3) is 0.500. The quantitative estimate of drug-likeness (QED) is 0.784. The maximum atomic E-state index is 11.6. The molecule has 1 saturated heterocycles. The van der Waals surface area contributed by atoms with E-state index in [-0.39, 0.29) is 11.8 Å². The van der Waals surface area contributed by atoms with Crippen LogP contribution in [0.4, 0.5) is 0 Å². The maximum Gasteiger partial charge on any atom is 0.229 e. The van der Waals surface area contributed by atoms with E-state index >= 15 is 0 Å². The summed E-state index contributed by atoms with van der Waals surface area (Å²) in [5.74, 6) is -0.0366. The number of benzene rings is 1. The minimum absolute atomic E-state index is 0.0183. The molecule has 1 heterocycles. The molecule has 0 saturated carbocycles. The highest BCUT2D eigenvalue weighted by molar-refractivity contribution is 6.01. The van der Waals surface area contributed by atoms with Gasteiger partial charge in [-0.1, -0.05) is 24.3 Å². The lowest BCUT2D eigenvalue weighted by Gasteiger charge is -2.27. The molecule has 4 heteroatoms. The van der Waals surface area contributed by atoms with Crippen molar-refractivity contribution >= 4 is 11.8 Å². The summed E-state index contributed by atoms with van der Waals surface area (Å²) in [5, 5.41) is 0. The highest BCUT2D eigenvalue weighted by Gasteiger charge is 2.30. The highest BCUT2D eigenvalue weighted by atomic mass is 16.2. The molecule has 0 N–H and O–H groups in total. The van der Waals surface area contributed by atoms with Crippen molar-refractivity contribution in [3.8, 4) is 0 Å². The average Bonchev–Trinajstić information content (AvgIpc) is 3.01. The van der Waals surface area contributed by atoms with Crippen molar-refractivity contribution in [2.24, 2.45) is 0 Å². The number of nitrogens with zero attached hydrogens (tertiary/aromatic N) is 2. The average molecular weight is 272 g/mol. The summed E-state index contributed by atoms with van der Waals surface area (Å²) >= 11 is 0. The van der Waals surface area contributed by atoms with Gasteiger partial charge in [-0.2, -0.15) is 0 Å². The standard InChI is InChI=1S/C16H20N2O2/c1-17(10-11-18-15(19)8-9-16(18)20)14-7-6-12-4-2-3-5-13(12)14/h2-5,14H,6-11H2,1H3. The fourth-order valence-electron chi connectivity index (χ4n) is 3.28. The minimum atomic E-state index is -0.0183. The zero-order valence-electron chi connectivity index (χ0n) is 11.8. The number of fused-ring (bicyclic) bond motifs is 1. The van der Waals surface area contributed by atoms with Gasteiger partial charge in [0.15, 0.2) is 0 Å². The number of likely N-dealkylation sites (tertiary alicyclic amines) is 1. The van der Waals surface area contributed by atoms with Crippen LogP contribution in [0.5, 0.6) is 0 Å². The Morgan fingerprint density at radius 1 is 1.15 bits per heavy atom. The molecule has 3 rings (SSSR count). The van der Waals surface area contributed by atoms with Crippen molar-refractivity contribution in [2.45, 2.75) is 31.7 Å². The Bertz CT molecular complexity index is 525. The summed E-state index contributed by atoms with van der Waals surface area (Å²) in [7, 11) is 2.08. The summed E-state index contributed by atoms with van der Waals surface area (Å²) in [5.41, 5.74) is 2.83. The summed E-state index contributed by atoms with van der Waals surface area (Å²) < 4.78 is 0. The van der Waals surface area contributed by atoms with Gasteiger partial charge in [-0.15, -0.1) is 0 Å². The van der Waals surface area contributed by atoms with Gasteiger partial charge < -0.3 is 0 Å². The topological polar surface area (TPSA) is 40.6 Å². The Hall–Kier alpha value is -1.68. The smallest absolute Gasteiger partial charge is 0.229 e. The van der Waals surface area contributed by atoms with Crippen LogP contribution in [0.3, 0.4) is 0 Å². The molecule has 0 aromatic heterocycles. The zero-order valence-corrected chi connectivity index (χ0v) is 11.8. The minimum Gasteiger partial charge on any atom is -0.298 e. The van der Waals surface area contributed by atoms with Gasteiger partial charge in [0.05, 0.1) is 0 Å². The molecule has 1 aliphatic heterocycles. The molecular formula is C16H20N2O2. The van der Waals surface area contributed by atoms with E-state index in [1.807, 2.05) is 0 Å². The van der Waals surface area contributed by atoms with Crippen LogP contribution in [0.2, 0.25) is 0 Å². The van der Waals surface area contributed by atoms with Gasteiger partial charge in [-0.05, 0) is 31.0 Å². The van der Waals surface area contributed by atoms with Crippen LogP contribution in [-0.2, 0) is 16.0 Å². The first-order valence-corrected chi connectivity index (χ1v) is 7.28. The van der Waals surface area contributed by atoms with E-state index in [1.165, 1.54) is 16.0 Å². The lowest BCUT2D eigenvalue weighted by molar-refractivity contribution is -0.138. The third-order valence-electron chi connectivity index (χ3n) is 4.46. The van der Waals surface area contributed by atoms with Crippen LogP contribution < -0.4 is 0 Å². The van der Waals surface area contributed by atoms with Crippen molar-refractivity contribution in [1.82, 2.24) is 9.80 Å². The molecule has 1 fully saturated rings. The number of aryl methyl sites for hydroxylation is 1. The van der Waals surface area contributed by atoms with E-state index in [0.717, 1.165) is 19.4 Å². The molecule has 2 amide bonds. The number of carbonyl (C=O) groups excluding carboxylic acids is 2.